The van der Waals surface area contributed by atoms with E-state index in [1.807, 2.05) is 0 Å². The Morgan fingerprint density at radius 3 is 2.89 bits per heavy atom. The summed E-state index contributed by atoms with van der Waals surface area (Å²) in [5.41, 5.74) is 1.24. The predicted octanol–water partition coefficient (Wildman–Crippen LogP) is 3.11. The summed E-state index contributed by atoms with van der Waals surface area (Å²) in [5, 5.41) is 13.2. The molecule has 1 saturated heterocycles. The summed E-state index contributed by atoms with van der Waals surface area (Å²) in [4.78, 5) is 27.9. The number of fused-ring (bicyclic) bond motifs is 1. The number of rotatable bonds is 6. The highest BCUT2D eigenvalue weighted by Gasteiger charge is 2.29. The second kappa shape index (κ2) is 7.81. The number of imidazole rings is 1. The van der Waals surface area contributed by atoms with Crippen LogP contribution in [0.5, 0.6) is 0 Å². The lowest BCUT2D eigenvalue weighted by Crippen LogP contribution is -2.23. The third-order valence-corrected chi connectivity index (χ3v) is 5.27. The molecule has 27 heavy (non-hydrogen) atoms. The highest BCUT2D eigenvalue weighted by atomic mass is 35.5. The van der Waals surface area contributed by atoms with Crippen LogP contribution in [-0.4, -0.2) is 43.4 Å². The van der Waals surface area contributed by atoms with Crippen LogP contribution in [0.3, 0.4) is 0 Å². The quantitative estimate of drug-likeness (QED) is 0.449. The zero-order valence-electron chi connectivity index (χ0n) is 14.7. The highest BCUT2D eigenvalue weighted by Crippen LogP contribution is 2.33. The van der Waals surface area contributed by atoms with Gasteiger partial charge in [-0.2, -0.15) is 9.97 Å². The fourth-order valence-corrected chi connectivity index (χ4v) is 3.96. The highest BCUT2D eigenvalue weighted by molar-refractivity contribution is 6.28. The van der Waals surface area contributed by atoms with Crippen molar-refractivity contribution in [1.29, 1.82) is 0 Å². The Labute approximate surface area is 160 Å². The SMILES string of the molecule is O=[N+]([O-])OC[C@@H]1CC[C@H](n2cnc3c(NC4CCCCC4)nc(Cl)nc32)O1. The van der Waals surface area contributed by atoms with Crippen LogP contribution in [-0.2, 0) is 9.57 Å². The van der Waals surface area contributed by atoms with E-state index in [-0.39, 0.29) is 24.2 Å². The summed E-state index contributed by atoms with van der Waals surface area (Å²) in [6, 6.07) is 0.365. The molecule has 4 rings (SSSR count). The first-order valence-electron chi connectivity index (χ1n) is 9.19. The molecule has 0 amide bonds. The number of anilines is 1. The van der Waals surface area contributed by atoms with Crippen LogP contribution in [0, 0.1) is 10.1 Å². The Kier molecular flexibility index (Phi) is 5.26. The van der Waals surface area contributed by atoms with E-state index in [1.54, 1.807) is 10.9 Å². The molecule has 1 aliphatic carbocycles. The third-order valence-electron chi connectivity index (χ3n) is 5.10. The molecule has 146 valence electrons. The first-order chi connectivity index (χ1) is 13.1. The summed E-state index contributed by atoms with van der Waals surface area (Å²) in [6.45, 7) is -0.0830. The van der Waals surface area contributed by atoms with Crippen LogP contribution in [0.15, 0.2) is 6.33 Å². The van der Waals surface area contributed by atoms with Crippen molar-refractivity contribution in [1.82, 2.24) is 19.5 Å². The van der Waals surface area contributed by atoms with Crippen molar-refractivity contribution in [3.8, 4) is 0 Å². The fourth-order valence-electron chi connectivity index (χ4n) is 3.80. The monoisotopic (exact) mass is 396 g/mol. The summed E-state index contributed by atoms with van der Waals surface area (Å²) in [5.74, 6) is 0.641. The number of nitrogens with zero attached hydrogens (tertiary/aromatic N) is 5. The number of nitrogens with one attached hydrogen (secondary N) is 1. The van der Waals surface area contributed by atoms with Crippen molar-refractivity contribution in [2.75, 3.05) is 11.9 Å². The number of ether oxygens (including phenoxy) is 1. The van der Waals surface area contributed by atoms with Gasteiger partial charge in [0, 0.05) is 6.04 Å². The van der Waals surface area contributed by atoms with Gasteiger partial charge in [-0.25, -0.2) is 4.98 Å². The Bertz CT molecular complexity index is 825. The molecule has 0 aromatic carbocycles. The molecule has 0 bridgehead atoms. The van der Waals surface area contributed by atoms with Crippen molar-refractivity contribution in [3.63, 3.8) is 0 Å². The number of hydrogen-bond acceptors (Lipinski definition) is 8. The van der Waals surface area contributed by atoms with Gasteiger partial charge in [-0.15, -0.1) is 10.1 Å². The van der Waals surface area contributed by atoms with Crippen molar-refractivity contribution < 1.29 is 14.7 Å². The van der Waals surface area contributed by atoms with E-state index < -0.39 is 5.09 Å². The minimum absolute atomic E-state index is 0.0830. The van der Waals surface area contributed by atoms with Crippen molar-refractivity contribution >= 4 is 28.6 Å². The summed E-state index contributed by atoms with van der Waals surface area (Å²) < 4.78 is 7.67. The van der Waals surface area contributed by atoms with E-state index in [4.69, 9.17) is 16.3 Å². The molecule has 1 aliphatic heterocycles. The number of halogens is 1. The van der Waals surface area contributed by atoms with E-state index in [0.717, 1.165) is 12.8 Å². The maximum absolute atomic E-state index is 10.4. The van der Waals surface area contributed by atoms with Crippen LogP contribution >= 0.6 is 11.6 Å². The second-order valence-electron chi connectivity index (χ2n) is 6.95. The van der Waals surface area contributed by atoms with Crippen molar-refractivity contribution in [3.05, 3.63) is 21.7 Å². The molecule has 0 unspecified atom stereocenters. The van der Waals surface area contributed by atoms with Gasteiger partial charge in [0.05, 0.1) is 12.4 Å². The van der Waals surface area contributed by atoms with Gasteiger partial charge in [0.15, 0.2) is 17.0 Å². The summed E-state index contributed by atoms with van der Waals surface area (Å²) >= 11 is 6.15. The van der Waals surface area contributed by atoms with E-state index in [1.165, 1.54) is 19.3 Å². The molecule has 11 heteroatoms. The number of aromatic nitrogens is 4. The first-order valence-corrected chi connectivity index (χ1v) is 9.57. The largest absolute Gasteiger partial charge is 0.365 e. The molecule has 2 fully saturated rings. The van der Waals surface area contributed by atoms with Crippen LogP contribution in [0.1, 0.15) is 51.2 Å². The fraction of sp³-hybridized carbons (Fsp3) is 0.688. The molecule has 0 spiro atoms. The molecule has 2 atom stereocenters. The Balaban J connectivity index is 1.53. The molecule has 1 N–H and O–H groups in total. The molecule has 2 aliphatic rings. The lowest BCUT2D eigenvalue weighted by molar-refractivity contribution is -0.759. The van der Waals surface area contributed by atoms with Crippen molar-refractivity contribution in [2.24, 2.45) is 0 Å². The third kappa shape index (κ3) is 4.06. The molecule has 1 saturated carbocycles. The van der Waals surface area contributed by atoms with E-state index in [0.29, 0.717) is 35.9 Å². The standard InChI is InChI=1S/C16H21ClN6O4/c17-16-20-14(19-10-4-2-1-3-5-10)13-15(21-16)22(9-18-13)12-7-6-11(27-12)8-26-23(24)25/h9-12H,1-8H2,(H,19,20,21)/t11-,12+/m0/s1. The molecule has 2 aromatic rings. The van der Waals surface area contributed by atoms with Gasteiger partial charge in [0.2, 0.25) is 5.28 Å². The second-order valence-corrected chi connectivity index (χ2v) is 7.29. The van der Waals surface area contributed by atoms with Gasteiger partial charge >= 0.3 is 0 Å². The molecular weight excluding hydrogens is 376 g/mol. The molecular formula is C16H21ClN6O4. The minimum Gasteiger partial charge on any atom is -0.365 e. The zero-order valence-corrected chi connectivity index (χ0v) is 15.5. The normalized spacial score (nSPS) is 23.6. The van der Waals surface area contributed by atoms with Gasteiger partial charge < -0.3 is 14.9 Å². The predicted molar refractivity (Wildman–Crippen MR) is 96.9 cm³/mol. The first kappa shape index (κ1) is 18.2. The maximum atomic E-state index is 10.4. The van der Waals surface area contributed by atoms with Crippen LogP contribution in [0.2, 0.25) is 5.28 Å². The van der Waals surface area contributed by atoms with Crippen LogP contribution < -0.4 is 5.32 Å². The lowest BCUT2D eigenvalue weighted by atomic mass is 9.95. The van der Waals surface area contributed by atoms with Gasteiger partial charge in [-0.05, 0) is 37.3 Å². The average Bonchev–Trinajstić information content (AvgIpc) is 3.27. The topological polar surface area (TPSA) is 117 Å². The molecule has 10 nitrogen and oxygen atoms in total. The van der Waals surface area contributed by atoms with E-state index in [2.05, 4.69) is 25.1 Å². The van der Waals surface area contributed by atoms with Crippen LogP contribution in [0.4, 0.5) is 5.82 Å². The molecule has 0 radical (unpaired) electrons. The maximum Gasteiger partial charge on any atom is 0.294 e. The Morgan fingerprint density at radius 1 is 1.30 bits per heavy atom. The van der Waals surface area contributed by atoms with E-state index >= 15 is 0 Å². The number of hydrogen-bond donors (Lipinski definition) is 1. The van der Waals surface area contributed by atoms with Gasteiger partial charge in [-0.3, -0.25) is 4.57 Å². The molecule has 2 aromatic heterocycles. The summed E-state index contributed by atoms with van der Waals surface area (Å²) in [7, 11) is 0. The molecule has 3 heterocycles. The van der Waals surface area contributed by atoms with Gasteiger partial charge in [-0.1, -0.05) is 19.3 Å². The van der Waals surface area contributed by atoms with Crippen molar-refractivity contribution in [2.45, 2.75) is 63.3 Å². The summed E-state index contributed by atoms with van der Waals surface area (Å²) in [6.07, 6.45) is 8.24. The Hall–Kier alpha value is -2.20. The minimum atomic E-state index is -0.806. The van der Waals surface area contributed by atoms with Gasteiger partial charge in [0.1, 0.15) is 12.8 Å². The van der Waals surface area contributed by atoms with E-state index in [9.17, 15) is 10.1 Å². The van der Waals surface area contributed by atoms with Gasteiger partial charge in [0.25, 0.3) is 5.09 Å². The van der Waals surface area contributed by atoms with Crippen LogP contribution in [0.25, 0.3) is 11.2 Å². The Morgan fingerprint density at radius 2 is 2.11 bits per heavy atom. The lowest BCUT2D eigenvalue weighted by Gasteiger charge is -2.23. The smallest absolute Gasteiger partial charge is 0.294 e. The average molecular weight is 397 g/mol. The zero-order chi connectivity index (χ0) is 18.8.